The highest BCUT2D eigenvalue weighted by atomic mass is 127. The zero-order valence-electron chi connectivity index (χ0n) is 11.7. The van der Waals surface area contributed by atoms with E-state index in [4.69, 9.17) is 10.5 Å². The first-order valence-electron chi connectivity index (χ1n) is 6.54. The molecule has 1 fully saturated rings. The Labute approximate surface area is 136 Å². The van der Waals surface area contributed by atoms with Crippen LogP contribution in [0.3, 0.4) is 0 Å². The first-order valence-corrected chi connectivity index (χ1v) is 6.54. The Morgan fingerprint density at radius 2 is 1.95 bits per heavy atom. The van der Waals surface area contributed by atoms with E-state index in [0.29, 0.717) is 19.2 Å². The molecular formula is C14H22IN3O2. The molecular weight excluding hydrogens is 369 g/mol. The zero-order valence-corrected chi connectivity index (χ0v) is 14.0. The maximum absolute atomic E-state index is 10.1. The number of aliphatic hydroxyl groups excluding tert-OH is 1. The lowest BCUT2D eigenvalue weighted by molar-refractivity contribution is 0.0672. The van der Waals surface area contributed by atoms with Crippen molar-refractivity contribution in [2.75, 3.05) is 32.8 Å². The molecule has 1 aromatic carbocycles. The Hall–Kier alpha value is -0.860. The molecule has 5 nitrogen and oxygen atoms in total. The van der Waals surface area contributed by atoms with Crippen LogP contribution < -0.4 is 5.73 Å². The van der Waals surface area contributed by atoms with Crippen LogP contribution in [0.5, 0.6) is 0 Å². The molecule has 6 heteroatoms. The molecule has 2 rings (SSSR count). The van der Waals surface area contributed by atoms with Gasteiger partial charge in [-0.1, -0.05) is 29.8 Å². The molecule has 20 heavy (non-hydrogen) atoms. The first kappa shape index (κ1) is 17.2. The van der Waals surface area contributed by atoms with Gasteiger partial charge in [-0.15, -0.1) is 24.0 Å². The highest BCUT2D eigenvalue weighted by molar-refractivity contribution is 14.0. The molecule has 0 radical (unpaired) electrons. The second-order valence-electron chi connectivity index (χ2n) is 4.72. The fourth-order valence-corrected chi connectivity index (χ4v) is 1.97. The van der Waals surface area contributed by atoms with Crippen molar-refractivity contribution in [1.29, 1.82) is 0 Å². The summed E-state index contributed by atoms with van der Waals surface area (Å²) in [7, 11) is 0. The minimum atomic E-state index is -0.611. The third-order valence-corrected chi connectivity index (χ3v) is 3.22. The molecule has 1 aliphatic rings. The average Bonchev–Trinajstić information content (AvgIpc) is 2.46. The van der Waals surface area contributed by atoms with Gasteiger partial charge in [-0.3, -0.25) is 4.99 Å². The lowest BCUT2D eigenvalue weighted by Gasteiger charge is -2.27. The summed E-state index contributed by atoms with van der Waals surface area (Å²) in [6.45, 7) is 5.18. The number of nitrogens with two attached hydrogens (primary N) is 1. The van der Waals surface area contributed by atoms with Crippen LogP contribution in [-0.2, 0) is 4.74 Å². The number of halogens is 1. The van der Waals surface area contributed by atoms with E-state index < -0.39 is 6.10 Å². The van der Waals surface area contributed by atoms with Crippen LogP contribution in [0.1, 0.15) is 17.2 Å². The number of nitrogens with zero attached hydrogens (tertiary/aromatic N) is 2. The zero-order chi connectivity index (χ0) is 13.7. The molecule has 0 aliphatic carbocycles. The minimum absolute atomic E-state index is 0. The van der Waals surface area contributed by atoms with Crippen LogP contribution in [0.15, 0.2) is 29.3 Å². The number of benzene rings is 1. The fourth-order valence-electron chi connectivity index (χ4n) is 1.97. The number of aliphatic imine (C=N–C) groups is 1. The third kappa shape index (κ3) is 4.92. The number of hydrogen-bond acceptors (Lipinski definition) is 3. The van der Waals surface area contributed by atoms with Gasteiger partial charge in [0.05, 0.1) is 25.9 Å². The number of aliphatic hydroxyl groups is 1. The lowest BCUT2D eigenvalue weighted by atomic mass is 10.1. The van der Waals surface area contributed by atoms with Crippen molar-refractivity contribution in [3.63, 3.8) is 0 Å². The molecule has 1 saturated heterocycles. The fraction of sp³-hybridized carbons (Fsp3) is 0.500. The van der Waals surface area contributed by atoms with Gasteiger partial charge in [-0.05, 0) is 12.5 Å². The summed E-state index contributed by atoms with van der Waals surface area (Å²) in [4.78, 5) is 6.24. The van der Waals surface area contributed by atoms with Crippen molar-refractivity contribution >= 4 is 29.9 Å². The van der Waals surface area contributed by atoms with Crippen molar-refractivity contribution in [2.45, 2.75) is 13.0 Å². The van der Waals surface area contributed by atoms with Gasteiger partial charge in [-0.2, -0.15) is 0 Å². The molecule has 0 aromatic heterocycles. The van der Waals surface area contributed by atoms with Gasteiger partial charge in [0, 0.05) is 13.1 Å². The Morgan fingerprint density at radius 1 is 1.35 bits per heavy atom. The first-order chi connectivity index (χ1) is 9.16. The largest absolute Gasteiger partial charge is 0.386 e. The molecule has 1 atom stereocenters. The summed E-state index contributed by atoms with van der Waals surface area (Å²) in [5, 5.41) is 10.1. The van der Waals surface area contributed by atoms with E-state index in [1.54, 1.807) is 0 Å². The predicted octanol–water partition coefficient (Wildman–Crippen LogP) is 1.29. The van der Waals surface area contributed by atoms with Crippen molar-refractivity contribution in [3.05, 3.63) is 35.4 Å². The molecule has 3 N–H and O–H groups in total. The number of morpholine rings is 1. The third-order valence-electron chi connectivity index (χ3n) is 3.22. The topological polar surface area (TPSA) is 71.1 Å². The Bertz CT molecular complexity index is 431. The molecule has 0 bridgehead atoms. The normalized spacial score (nSPS) is 17.5. The minimum Gasteiger partial charge on any atom is -0.386 e. The number of rotatable bonds is 3. The maximum atomic E-state index is 10.1. The SMILES string of the molecule is Cc1ccc(C(O)CN=C(N)N2CCOCC2)cc1.I. The molecule has 0 spiro atoms. The van der Waals surface area contributed by atoms with Crippen molar-refractivity contribution < 1.29 is 9.84 Å². The van der Waals surface area contributed by atoms with Gasteiger partial charge in [0.1, 0.15) is 0 Å². The Morgan fingerprint density at radius 3 is 2.55 bits per heavy atom. The summed E-state index contributed by atoms with van der Waals surface area (Å²) in [5.41, 5.74) is 7.95. The van der Waals surface area contributed by atoms with Crippen molar-refractivity contribution in [1.82, 2.24) is 4.90 Å². The van der Waals surface area contributed by atoms with E-state index in [9.17, 15) is 5.11 Å². The number of aryl methyl sites for hydroxylation is 1. The van der Waals surface area contributed by atoms with Crippen LogP contribution in [0, 0.1) is 6.92 Å². The van der Waals surface area contributed by atoms with Gasteiger partial charge in [0.2, 0.25) is 0 Å². The summed E-state index contributed by atoms with van der Waals surface area (Å²) < 4.78 is 5.25. The monoisotopic (exact) mass is 391 g/mol. The molecule has 1 unspecified atom stereocenters. The van der Waals surface area contributed by atoms with E-state index in [1.165, 1.54) is 5.56 Å². The number of ether oxygens (including phenoxy) is 1. The molecule has 1 aliphatic heterocycles. The molecule has 112 valence electrons. The number of guanidine groups is 1. The van der Waals surface area contributed by atoms with Gasteiger partial charge < -0.3 is 20.5 Å². The van der Waals surface area contributed by atoms with E-state index in [2.05, 4.69) is 4.99 Å². The highest BCUT2D eigenvalue weighted by Gasteiger charge is 2.13. The van der Waals surface area contributed by atoms with Gasteiger partial charge in [0.25, 0.3) is 0 Å². The van der Waals surface area contributed by atoms with E-state index in [1.807, 2.05) is 36.1 Å². The second-order valence-corrected chi connectivity index (χ2v) is 4.72. The second kappa shape index (κ2) is 8.43. The summed E-state index contributed by atoms with van der Waals surface area (Å²) in [6.07, 6.45) is -0.611. The van der Waals surface area contributed by atoms with Crippen LogP contribution in [-0.4, -0.2) is 48.8 Å². The number of hydrogen-bond donors (Lipinski definition) is 2. The Kier molecular flexibility index (Phi) is 7.25. The van der Waals surface area contributed by atoms with Crippen LogP contribution in [0.25, 0.3) is 0 Å². The summed E-state index contributed by atoms with van der Waals surface area (Å²) >= 11 is 0. The molecule has 1 aromatic rings. The lowest BCUT2D eigenvalue weighted by Crippen LogP contribution is -2.45. The van der Waals surface area contributed by atoms with Gasteiger partial charge in [0.15, 0.2) is 5.96 Å². The Balaban J connectivity index is 0.00000200. The van der Waals surface area contributed by atoms with E-state index in [0.717, 1.165) is 18.7 Å². The van der Waals surface area contributed by atoms with Crippen molar-refractivity contribution in [3.8, 4) is 0 Å². The van der Waals surface area contributed by atoms with Crippen LogP contribution >= 0.6 is 24.0 Å². The van der Waals surface area contributed by atoms with Crippen LogP contribution in [0.2, 0.25) is 0 Å². The summed E-state index contributed by atoms with van der Waals surface area (Å²) in [5.74, 6) is 0.481. The van der Waals surface area contributed by atoms with Crippen LogP contribution in [0.4, 0.5) is 0 Å². The molecule has 1 heterocycles. The van der Waals surface area contributed by atoms with E-state index >= 15 is 0 Å². The van der Waals surface area contributed by atoms with Crippen molar-refractivity contribution in [2.24, 2.45) is 10.7 Å². The maximum Gasteiger partial charge on any atom is 0.191 e. The molecule has 0 amide bonds. The standard InChI is InChI=1S/C14H21N3O2.HI/c1-11-2-4-12(5-3-11)13(18)10-16-14(15)17-6-8-19-9-7-17;/h2-5,13,18H,6-10H2,1H3,(H2,15,16);1H. The molecule has 0 saturated carbocycles. The summed E-state index contributed by atoms with van der Waals surface area (Å²) in [6, 6.07) is 7.79. The van der Waals surface area contributed by atoms with E-state index in [-0.39, 0.29) is 30.5 Å². The smallest absolute Gasteiger partial charge is 0.191 e. The predicted molar refractivity (Wildman–Crippen MR) is 90.4 cm³/mol. The van der Waals surface area contributed by atoms with Gasteiger partial charge >= 0.3 is 0 Å². The average molecular weight is 391 g/mol. The highest BCUT2D eigenvalue weighted by Crippen LogP contribution is 2.13. The van der Waals surface area contributed by atoms with Gasteiger partial charge in [-0.25, -0.2) is 0 Å². The quantitative estimate of drug-likeness (QED) is 0.463.